The first-order chi connectivity index (χ1) is 10.1. The van der Waals surface area contributed by atoms with E-state index in [4.69, 9.17) is 0 Å². The molecule has 106 valence electrons. The molecule has 0 saturated heterocycles. The van der Waals surface area contributed by atoms with E-state index >= 15 is 0 Å². The second-order valence-electron chi connectivity index (χ2n) is 4.42. The lowest BCUT2D eigenvalue weighted by molar-refractivity contribution is 0.0600. The molecule has 1 amide bonds. The van der Waals surface area contributed by atoms with Crippen molar-refractivity contribution in [3.05, 3.63) is 53.6 Å². The number of fused-ring (bicyclic) bond motifs is 2. The molecule has 0 saturated carbocycles. The molecule has 0 spiro atoms. The summed E-state index contributed by atoms with van der Waals surface area (Å²) in [6.07, 6.45) is 0. The third-order valence-corrected chi connectivity index (χ3v) is 4.67. The summed E-state index contributed by atoms with van der Waals surface area (Å²) < 4.78 is 17.4. The Morgan fingerprint density at radius 3 is 2.67 bits per heavy atom. The Bertz CT molecular complexity index is 785. The number of methoxy groups -OCH3 is 1. The van der Waals surface area contributed by atoms with Crippen molar-refractivity contribution >= 4 is 28.4 Å². The number of rotatable bonds is 1. The molecule has 6 heteroatoms. The molecule has 0 aromatic heterocycles. The summed E-state index contributed by atoms with van der Waals surface area (Å²) in [5.74, 6) is -0.831. The van der Waals surface area contributed by atoms with Crippen molar-refractivity contribution in [2.45, 2.75) is 9.79 Å². The van der Waals surface area contributed by atoms with Gasteiger partial charge in [-0.1, -0.05) is 12.1 Å². The molecule has 0 aliphatic carbocycles. The molecule has 0 bridgehead atoms. The summed E-state index contributed by atoms with van der Waals surface area (Å²) in [6.45, 7) is 0. The zero-order chi connectivity index (χ0) is 15.0. The molecule has 1 aliphatic rings. The number of benzene rings is 2. The zero-order valence-corrected chi connectivity index (χ0v) is 11.9. The van der Waals surface area contributed by atoms with Gasteiger partial charge in [0.1, 0.15) is 0 Å². The minimum atomic E-state index is -1.55. The van der Waals surface area contributed by atoms with E-state index in [0.29, 0.717) is 26.6 Å². The molecule has 1 N–H and O–H groups in total. The van der Waals surface area contributed by atoms with Crippen LogP contribution < -0.4 is 5.32 Å². The highest BCUT2D eigenvalue weighted by atomic mass is 32.2. The minimum Gasteiger partial charge on any atom is -0.465 e. The molecule has 1 unspecified atom stereocenters. The zero-order valence-electron chi connectivity index (χ0n) is 11.1. The molecule has 2 aromatic carbocycles. The Kier molecular flexibility index (Phi) is 3.31. The monoisotopic (exact) mass is 301 g/mol. The quantitative estimate of drug-likeness (QED) is 0.820. The van der Waals surface area contributed by atoms with Crippen LogP contribution in [-0.2, 0) is 15.5 Å². The smallest absolute Gasteiger partial charge is 0.337 e. The Hall–Kier alpha value is -2.47. The minimum absolute atomic E-state index is 0.290. The van der Waals surface area contributed by atoms with Crippen LogP contribution in [-0.4, -0.2) is 23.2 Å². The standard InChI is InChI=1S/C15H11NO4S/c1-20-15(18)9-6-7-11-13(8-9)21(19)12-5-3-2-4-10(12)14(17)16-11/h2-8H,1H3,(H,16,17). The van der Waals surface area contributed by atoms with Crippen molar-refractivity contribution in [2.24, 2.45) is 0 Å². The lowest BCUT2D eigenvalue weighted by atomic mass is 10.2. The topological polar surface area (TPSA) is 72.5 Å². The molecule has 1 atom stereocenters. The number of nitrogens with one attached hydrogen (secondary N) is 1. The normalized spacial score (nSPS) is 16.2. The van der Waals surface area contributed by atoms with Crippen LogP contribution in [0.3, 0.4) is 0 Å². The van der Waals surface area contributed by atoms with Gasteiger partial charge in [0.05, 0.1) is 44.5 Å². The first-order valence-corrected chi connectivity index (χ1v) is 7.31. The molecular formula is C15H11NO4S. The summed E-state index contributed by atoms with van der Waals surface area (Å²) in [6, 6.07) is 11.3. The van der Waals surface area contributed by atoms with Gasteiger partial charge in [-0.25, -0.2) is 9.00 Å². The molecule has 2 aromatic rings. The average molecular weight is 301 g/mol. The van der Waals surface area contributed by atoms with E-state index in [1.165, 1.54) is 19.2 Å². The van der Waals surface area contributed by atoms with E-state index in [1.807, 2.05) is 0 Å². The third kappa shape index (κ3) is 2.23. The van der Waals surface area contributed by atoms with Crippen LogP contribution in [0, 0.1) is 0 Å². The fourth-order valence-electron chi connectivity index (χ4n) is 2.15. The van der Waals surface area contributed by atoms with Crippen molar-refractivity contribution in [2.75, 3.05) is 12.4 Å². The molecule has 3 rings (SSSR count). The van der Waals surface area contributed by atoms with Crippen LogP contribution >= 0.6 is 0 Å². The van der Waals surface area contributed by atoms with Gasteiger partial charge >= 0.3 is 5.97 Å². The van der Waals surface area contributed by atoms with Crippen molar-refractivity contribution in [1.29, 1.82) is 0 Å². The first-order valence-electron chi connectivity index (χ1n) is 6.16. The van der Waals surface area contributed by atoms with Crippen LogP contribution in [0.2, 0.25) is 0 Å². The van der Waals surface area contributed by atoms with Crippen LogP contribution in [0.4, 0.5) is 5.69 Å². The maximum atomic E-state index is 12.7. The van der Waals surface area contributed by atoms with E-state index in [-0.39, 0.29) is 5.91 Å². The van der Waals surface area contributed by atoms with E-state index < -0.39 is 16.8 Å². The second kappa shape index (κ2) is 5.14. The summed E-state index contributed by atoms with van der Waals surface area (Å²) in [4.78, 5) is 24.6. The van der Waals surface area contributed by atoms with Gasteiger partial charge < -0.3 is 10.1 Å². The summed E-state index contributed by atoms with van der Waals surface area (Å²) in [5.41, 5.74) is 1.09. The second-order valence-corrected chi connectivity index (χ2v) is 5.84. The lowest BCUT2D eigenvalue weighted by Crippen LogP contribution is -2.11. The van der Waals surface area contributed by atoms with Crippen molar-refractivity contribution < 1.29 is 18.5 Å². The van der Waals surface area contributed by atoms with Crippen molar-refractivity contribution in [3.63, 3.8) is 0 Å². The maximum Gasteiger partial charge on any atom is 0.337 e. The lowest BCUT2D eigenvalue weighted by Gasteiger charge is -2.07. The predicted octanol–water partition coefficient (Wildman–Crippen LogP) is 2.21. The van der Waals surface area contributed by atoms with Crippen LogP contribution in [0.1, 0.15) is 20.7 Å². The molecule has 5 nitrogen and oxygen atoms in total. The van der Waals surface area contributed by atoms with Crippen LogP contribution in [0.5, 0.6) is 0 Å². The highest BCUT2D eigenvalue weighted by molar-refractivity contribution is 7.85. The summed E-state index contributed by atoms with van der Waals surface area (Å²) in [5, 5.41) is 2.71. The maximum absolute atomic E-state index is 12.7. The highest BCUT2D eigenvalue weighted by Crippen LogP contribution is 2.31. The number of anilines is 1. The van der Waals surface area contributed by atoms with Crippen LogP contribution in [0.25, 0.3) is 0 Å². The highest BCUT2D eigenvalue weighted by Gasteiger charge is 2.25. The number of esters is 1. The molecule has 0 fully saturated rings. The molecular weight excluding hydrogens is 290 g/mol. The Morgan fingerprint density at radius 2 is 1.90 bits per heavy atom. The van der Waals surface area contributed by atoms with Gasteiger partial charge in [-0.15, -0.1) is 0 Å². The number of hydrogen-bond acceptors (Lipinski definition) is 4. The van der Waals surface area contributed by atoms with E-state index in [1.54, 1.807) is 30.3 Å². The van der Waals surface area contributed by atoms with Gasteiger partial charge in [0.25, 0.3) is 5.91 Å². The Morgan fingerprint density at radius 1 is 1.14 bits per heavy atom. The Balaban J connectivity index is 2.20. The fraction of sp³-hybridized carbons (Fsp3) is 0.0667. The molecule has 1 aliphatic heterocycles. The number of ether oxygens (including phenoxy) is 1. The van der Waals surface area contributed by atoms with Crippen molar-refractivity contribution in [1.82, 2.24) is 0 Å². The molecule has 0 radical (unpaired) electrons. The van der Waals surface area contributed by atoms with Crippen molar-refractivity contribution in [3.8, 4) is 0 Å². The number of hydrogen-bond donors (Lipinski definition) is 1. The number of carbonyl (C=O) groups excluding carboxylic acids is 2. The van der Waals surface area contributed by atoms with E-state index in [2.05, 4.69) is 10.1 Å². The van der Waals surface area contributed by atoms with Gasteiger partial charge in [0, 0.05) is 0 Å². The molecule has 21 heavy (non-hydrogen) atoms. The SMILES string of the molecule is COC(=O)c1ccc2c(c1)S(=O)c1ccccc1C(=O)N2. The van der Waals surface area contributed by atoms with Gasteiger partial charge in [-0.2, -0.15) is 0 Å². The number of carbonyl (C=O) groups is 2. The van der Waals surface area contributed by atoms with E-state index in [9.17, 15) is 13.8 Å². The third-order valence-electron chi connectivity index (χ3n) is 3.18. The van der Waals surface area contributed by atoms with E-state index in [0.717, 1.165) is 0 Å². The summed E-state index contributed by atoms with van der Waals surface area (Å²) in [7, 11) is -0.268. The summed E-state index contributed by atoms with van der Waals surface area (Å²) >= 11 is 0. The Labute approximate surface area is 123 Å². The van der Waals surface area contributed by atoms with Gasteiger partial charge in [0.15, 0.2) is 0 Å². The largest absolute Gasteiger partial charge is 0.465 e. The fourth-order valence-corrected chi connectivity index (χ4v) is 3.50. The predicted molar refractivity (Wildman–Crippen MR) is 76.9 cm³/mol. The molecule has 1 heterocycles. The first kappa shape index (κ1) is 13.5. The average Bonchev–Trinajstić information content (AvgIpc) is 2.63. The van der Waals surface area contributed by atoms with Gasteiger partial charge in [-0.05, 0) is 30.3 Å². The van der Waals surface area contributed by atoms with Gasteiger partial charge in [-0.3, -0.25) is 4.79 Å². The van der Waals surface area contributed by atoms with Gasteiger partial charge in [0.2, 0.25) is 0 Å². The number of amides is 1. The van der Waals surface area contributed by atoms with Crippen LogP contribution in [0.15, 0.2) is 52.3 Å².